The predicted octanol–water partition coefficient (Wildman–Crippen LogP) is 1.62. The summed E-state index contributed by atoms with van der Waals surface area (Å²) in [6.45, 7) is 5.37. The van der Waals surface area contributed by atoms with Gasteiger partial charge in [-0.1, -0.05) is 6.07 Å². The number of likely N-dealkylation sites (N-methyl/N-ethyl adjacent to an activating group) is 1. The Labute approximate surface area is 114 Å². The van der Waals surface area contributed by atoms with Crippen molar-refractivity contribution in [2.24, 2.45) is 5.73 Å². The largest absolute Gasteiger partial charge is 0.330 e. The zero-order chi connectivity index (χ0) is 14.0. The normalized spacial score (nSPS) is 20.2. The Bertz CT molecular complexity index is 446. The lowest BCUT2D eigenvalue weighted by molar-refractivity contribution is 0.145. The molecular weight excluding hydrogens is 240 g/mol. The molecule has 19 heavy (non-hydrogen) atoms. The summed E-state index contributed by atoms with van der Waals surface area (Å²) >= 11 is 0. The van der Waals surface area contributed by atoms with Crippen LogP contribution < -0.4 is 5.73 Å². The van der Waals surface area contributed by atoms with Crippen LogP contribution in [0.1, 0.15) is 32.0 Å². The van der Waals surface area contributed by atoms with Crippen LogP contribution >= 0.6 is 0 Å². The fourth-order valence-electron chi connectivity index (χ4n) is 2.56. The summed E-state index contributed by atoms with van der Waals surface area (Å²) in [5.74, 6) is 0. The Balaban J connectivity index is 2.22. The number of carbonyl (C=O) groups excluding carboxylic acids is 1. The highest BCUT2D eigenvalue weighted by atomic mass is 16.2. The number of nitrogens with zero attached hydrogens (tertiary/aromatic N) is 3. The first-order valence-electron chi connectivity index (χ1n) is 6.63. The molecule has 5 nitrogen and oxygen atoms in total. The highest BCUT2D eigenvalue weighted by Crippen LogP contribution is 2.32. The topological polar surface area (TPSA) is 62.5 Å². The van der Waals surface area contributed by atoms with E-state index in [1.807, 2.05) is 30.1 Å². The molecule has 1 unspecified atom stereocenters. The lowest BCUT2D eigenvalue weighted by atomic mass is 9.98. The van der Waals surface area contributed by atoms with Gasteiger partial charge in [-0.2, -0.15) is 0 Å². The molecule has 2 amide bonds. The van der Waals surface area contributed by atoms with Crippen LogP contribution in [0.5, 0.6) is 0 Å². The Morgan fingerprint density at radius 3 is 2.79 bits per heavy atom. The van der Waals surface area contributed by atoms with Gasteiger partial charge in [0.15, 0.2) is 0 Å². The van der Waals surface area contributed by atoms with Gasteiger partial charge < -0.3 is 15.5 Å². The molecule has 0 spiro atoms. The number of carbonyl (C=O) groups is 1. The number of hydrogen-bond acceptors (Lipinski definition) is 3. The minimum atomic E-state index is -0.219. The Kier molecular flexibility index (Phi) is 3.75. The van der Waals surface area contributed by atoms with E-state index in [-0.39, 0.29) is 17.6 Å². The SMILES string of the molecule is CN1C(=O)N(C(C)(C)CCN)CC1c1ccccn1. The first-order chi connectivity index (χ1) is 8.97. The van der Waals surface area contributed by atoms with E-state index in [0.29, 0.717) is 13.1 Å². The summed E-state index contributed by atoms with van der Waals surface area (Å²) in [4.78, 5) is 20.4. The van der Waals surface area contributed by atoms with Crippen molar-refractivity contribution in [1.29, 1.82) is 0 Å². The Morgan fingerprint density at radius 2 is 2.21 bits per heavy atom. The van der Waals surface area contributed by atoms with Gasteiger partial charge >= 0.3 is 6.03 Å². The molecule has 2 rings (SSSR count). The van der Waals surface area contributed by atoms with Gasteiger partial charge in [0.1, 0.15) is 0 Å². The first-order valence-corrected chi connectivity index (χ1v) is 6.63. The quantitative estimate of drug-likeness (QED) is 0.896. The molecule has 0 saturated carbocycles. The van der Waals surface area contributed by atoms with Crippen molar-refractivity contribution in [3.63, 3.8) is 0 Å². The second-order valence-electron chi connectivity index (χ2n) is 5.63. The van der Waals surface area contributed by atoms with Crippen LogP contribution in [0.4, 0.5) is 4.79 Å². The molecule has 2 heterocycles. The molecule has 1 atom stereocenters. The molecule has 104 valence electrons. The number of amides is 2. The van der Waals surface area contributed by atoms with Crippen molar-refractivity contribution in [3.05, 3.63) is 30.1 Å². The van der Waals surface area contributed by atoms with Gasteiger partial charge in [0.2, 0.25) is 0 Å². The van der Waals surface area contributed by atoms with Crippen molar-refractivity contribution in [1.82, 2.24) is 14.8 Å². The van der Waals surface area contributed by atoms with E-state index in [2.05, 4.69) is 18.8 Å². The molecule has 0 aromatic carbocycles. The molecule has 1 saturated heterocycles. The lowest BCUT2D eigenvalue weighted by Gasteiger charge is -2.34. The van der Waals surface area contributed by atoms with E-state index in [1.54, 1.807) is 11.1 Å². The number of aromatic nitrogens is 1. The van der Waals surface area contributed by atoms with Gasteiger partial charge in [-0.3, -0.25) is 4.98 Å². The highest BCUT2D eigenvalue weighted by molar-refractivity contribution is 5.78. The van der Waals surface area contributed by atoms with Crippen LogP contribution in [-0.4, -0.2) is 46.5 Å². The molecular formula is C14H22N4O. The minimum Gasteiger partial charge on any atom is -0.330 e. The lowest BCUT2D eigenvalue weighted by Crippen LogP contribution is -2.47. The van der Waals surface area contributed by atoms with Gasteiger partial charge in [0.25, 0.3) is 0 Å². The van der Waals surface area contributed by atoms with E-state index in [0.717, 1.165) is 12.1 Å². The van der Waals surface area contributed by atoms with Gasteiger partial charge in [-0.25, -0.2) is 4.79 Å². The molecule has 0 aliphatic carbocycles. The zero-order valence-corrected chi connectivity index (χ0v) is 11.8. The first kappa shape index (κ1) is 13.8. The molecule has 5 heteroatoms. The van der Waals surface area contributed by atoms with Gasteiger partial charge in [0, 0.05) is 25.3 Å². The monoisotopic (exact) mass is 262 g/mol. The predicted molar refractivity (Wildman–Crippen MR) is 74.6 cm³/mol. The number of hydrogen-bond donors (Lipinski definition) is 1. The summed E-state index contributed by atoms with van der Waals surface area (Å²) < 4.78 is 0. The van der Waals surface area contributed by atoms with Crippen LogP contribution in [-0.2, 0) is 0 Å². The van der Waals surface area contributed by atoms with E-state index >= 15 is 0 Å². The molecule has 1 aromatic heterocycles. The summed E-state index contributed by atoms with van der Waals surface area (Å²) in [6.07, 6.45) is 2.56. The second kappa shape index (κ2) is 5.17. The van der Waals surface area contributed by atoms with Crippen LogP contribution in [0.25, 0.3) is 0 Å². The molecule has 2 N–H and O–H groups in total. The van der Waals surface area contributed by atoms with Crippen molar-refractivity contribution in [2.75, 3.05) is 20.1 Å². The molecule has 0 bridgehead atoms. The highest BCUT2D eigenvalue weighted by Gasteiger charge is 2.42. The van der Waals surface area contributed by atoms with Crippen LogP contribution in [0.2, 0.25) is 0 Å². The maximum Gasteiger partial charge on any atom is 0.320 e. The van der Waals surface area contributed by atoms with Crippen LogP contribution in [0, 0.1) is 0 Å². The third kappa shape index (κ3) is 2.56. The molecule has 1 aromatic rings. The fraction of sp³-hybridized carbons (Fsp3) is 0.571. The summed E-state index contributed by atoms with van der Waals surface area (Å²) in [5.41, 5.74) is 6.36. The summed E-state index contributed by atoms with van der Waals surface area (Å²) in [5, 5.41) is 0. The number of urea groups is 1. The van der Waals surface area contributed by atoms with Gasteiger partial charge in [0.05, 0.1) is 11.7 Å². The maximum absolute atomic E-state index is 12.4. The number of pyridine rings is 1. The van der Waals surface area contributed by atoms with Crippen LogP contribution in [0.15, 0.2) is 24.4 Å². The second-order valence-corrected chi connectivity index (χ2v) is 5.63. The van der Waals surface area contributed by atoms with Crippen LogP contribution in [0.3, 0.4) is 0 Å². The molecule has 1 aliphatic heterocycles. The zero-order valence-electron chi connectivity index (χ0n) is 11.8. The van der Waals surface area contributed by atoms with E-state index in [4.69, 9.17) is 5.73 Å². The van der Waals surface area contributed by atoms with E-state index in [9.17, 15) is 4.79 Å². The molecule has 0 radical (unpaired) electrons. The Morgan fingerprint density at radius 1 is 1.47 bits per heavy atom. The Hall–Kier alpha value is -1.62. The smallest absolute Gasteiger partial charge is 0.320 e. The van der Waals surface area contributed by atoms with Crippen molar-refractivity contribution in [2.45, 2.75) is 31.8 Å². The van der Waals surface area contributed by atoms with E-state index < -0.39 is 0 Å². The number of nitrogens with two attached hydrogens (primary N) is 1. The fourth-order valence-corrected chi connectivity index (χ4v) is 2.56. The van der Waals surface area contributed by atoms with Gasteiger partial charge in [-0.05, 0) is 38.9 Å². The van der Waals surface area contributed by atoms with Crippen molar-refractivity contribution < 1.29 is 4.79 Å². The van der Waals surface area contributed by atoms with Crippen molar-refractivity contribution >= 4 is 6.03 Å². The molecule has 1 fully saturated rings. The molecule has 1 aliphatic rings. The average Bonchev–Trinajstić information content (AvgIpc) is 2.68. The van der Waals surface area contributed by atoms with Crippen molar-refractivity contribution in [3.8, 4) is 0 Å². The maximum atomic E-state index is 12.4. The van der Waals surface area contributed by atoms with Gasteiger partial charge in [-0.15, -0.1) is 0 Å². The summed E-state index contributed by atoms with van der Waals surface area (Å²) in [7, 11) is 1.83. The third-order valence-electron chi connectivity index (χ3n) is 3.87. The summed E-state index contributed by atoms with van der Waals surface area (Å²) in [6, 6.07) is 5.87. The third-order valence-corrected chi connectivity index (χ3v) is 3.87. The number of rotatable bonds is 4. The minimum absolute atomic E-state index is 0.0192. The van der Waals surface area contributed by atoms with E-state index in [1.165, 1.54) is 0 Å². The average molecular weight is 262 g/mol. The standard InChI is InChI=1S/C14H22N4O/c1-14(2,7-8-15)18-10-12(17(3)13(18)19)11-6-4-5-9-16-11/h4-6,9,12H,7-8,10,15H2,1-3H3.